The van der Waals surface area contributed by atoms with Crippen molar-refractivity contribution in [2.75, 3.05) is 19.0 Å². The van der Waals surface area contributed by atoms with Crippen LogP contribution in [0.2, 0.25) is 0 Å². The first kappa shape index (κ1) is 21.2. The Bertz CT molecular complexity index is 826. The number of hydrogen-bond acceptors (Lipinski definition) is 3. The fourth-order valence-corrected chi connectivity index (χ4v) is 4.29. The average molecular weight is 396 g/mol. The summed E-state index contributed by atoms with van der Waals surface area (Å²) in [5.41, 5.74) is 3.53. The summed E-state index contributed by atoms with van der Waals surface area (Å²) < 4.78 is 11.3. The quantitative estimate of drug-likeness (QED) is 0.645. The Morgan fingerprint density at radius 1 is 1.07 bits per heavy atom. The minimum atomic E-state index is -0.471. The monoisotopic (exact) mass is 395 g/mol. The predicted molar refractivity (Wildman–Crippen MR) is 118 cm³/mol. The van der Waals surface area contributed by atoms with Crippen molar-refractivity contribution in [1.82, 2.24) is 0 Å². The van der Waals surface area contributed by atoms with E-state index in [1.807, 2.05) is 50.2 Å². The summed E-state index contributed by atoms with van der Waals surface area (Å²) in [4.78, 5) is 13.4. The highest BCUT2D eigenvalue weighted by molar-refractivity contribution is 5.99. The van der Waals surface area contributed by atoms with E-state index in [1.165, 1.54) is 0 Å². The summed E-state index contributed by atoms with van der Waals surface area (Å²) in [5, 5.41) is 3.20. The van der Waals surface area contributed by atoms with Crippen LogP contribution in [-0.4, -0.2) is 19.6 Å². The van der Waals surface area contributed by atoms with Gasteiger partial charge in [-0.15, -0.1) is 0 Å². The third-order valence-corrected chi connectivity index (χ3v) is 5.81. The standard InChI is InChI=1S/C25H33NO3/c1-17(2)16-29-23-18(3)14-21(15-19(23)4)26-24(27)25(12-6-7-13-25)20-8-10-22(28-5)11-9-20/h8-11,14-15,17H,6-7,12-13,16H2,1-5H3,(H,26,27). The van der Waals surface area contributed by atoms with E-state index < -0.39 is 5.41 Å². The fraction of sp³-hybridized carbons (Fsp3) is 0.480. The van der Waals surface area contributed by atoms with Gasteiger partial charge in [0, 0.05) is 5.69 Å². The molecule has 1 aliphatic rings. The molecular weight excluding hydrogens is 362 g/mol. The second-order valence-electron chi connectivity index (χ2n) is 8.62. The Morgan fingerprint density at radius 3 is 2.17 bits per heavy atom. The Balaban J connectivity index is 1.83. The van der Waals surface area contributed by atoms with Crippen LogP contribution < -0.4 is 14.8 Å². The largest absolute Gasteiger partial charge is 0.497 e. The first-order valence-corrected chi connectivity index (χ1v) is 10.6. The third kappa shape index (κ3) is 4.58. The second kappa shape index (κ2) is 8.89. The molecule has 1 N–H and O–H groups in total. The van der Waals surface area contributed by atoms with Crippen molar-refractivity contribution in [3.05, 3.63) is 53.1 Å². The average Bonchev–Trinajstić information content (AvgIpc) is 3.18. The molecule has 3 rings (SSSR count). The Labute approximate surface area is 174 Å². The van der Waals surface area contributed by atoms with Crippen LogP contribution in [0.1, 0.15) is 56.2 Å². The number of amides is 1. The Morgan fingerprint density at radius 2 is 1.66 bits per heavy atom. The molecule has 4 heteroatoms. The van der Waals surface area contributed by atoms with Crippen LogP contribution in [0.5, 0.6) is 11.5 Å². The molecule has 0 aromatic heterocycles. The number of aryl methyl sites for hydroxylation is 2. The molecule has 2 aromatic rings. The molecule has 0 saturated heterocycles. The molecule has 156 valence electrons. The van der Waals surface area contributed by atoms with Crippen molar-refractivity contribution in [3.8, 4) is 11.5 Å². The summed E-state index contributed by atoms with van der Waals surface area (Å²) in [5.74, 6) is 2.28. The summed E-state index contributed by atoms with van der Waals surface area (Å²) in [6.07, 6.45) is 3.89. The molecule has 1 amide bonds. The summed E-state index contributed by atoms with van der Waals surface area (Å²) in [6, 6.07) is 12.0. The second-order valence-corrected chi connectivity index (χ2v) is 8.62. The predicted octanol–water partition coefficient (Wildman–Crippen LogP) is 5.80. The molecule has 0 bridgehead atoms. The molecule has 29 heavy (non-hydrogen) atoms. The minimum absolute atomic E-state index is 0.0785. The summed E-state index contributed by atoms with van der Waals surface area (Å²) in [6.45, 7) is 9.03. The first-order valence-electron chi connectivity index (χ1n) is 10.6. The van der Waals surface area contributed by atoms with Crippen molar-refractivity contribution >= 4 is 11.6 Å². The van der Waals surface area contributed by atoms with Crippen molar-refractivity contribution < 1.29 is 14.3 Å². The van der Waals surface area contributed by atoms with E-state index in [4.69, 9.17) is 9.47 Å². The van der Waals surface area contributed by atoms with Gasteiger partial charge in [0.15, 0.2) is 0 Å². The SMILES string of the molecule is COc1ccc(C2(C(=O)Nc3cc(C)c(OCC(C)C)c(C)c3)CCCC2)cc1. The van der Waals surface area contributed by atoms with Gasteiger partial charge in [-0.3, -0.25) is 4.79 Å². The summed E-state index contributed by atoms with van der Waals surface area (Å²) >= 11 is 0. The lowest BCUT2D eigenvalue weighted by Crippen LogP contribution is -2.38. The van der Waals surface area contributed by atoms with E-state index >= 15 is 0 Å². The van der Waals surface area contributed by atoms with Gasteiger partial charge in [-0.1, -0.05) is 38.8 Å². The van der Waals surface area contributed by atoms with Gasteiger partial charge in [0.1, 0.15) is 11.5 Å². The van der Waals surface area contributed by atoms with Gasteiger partial charge < -0.3 is 14.8 Å². The van der Waals surface area contributed by atoms with Crippen LogP contribution in [0, 0.1) is 19.8 Å². The van der Waals surface area contributed by atoms with Crippen molar-refractivity contribution in [3.63, 3.8) is 0 Å². The Hall–Kier alpha value is -2.49. The van der Waals surface area contributed by atoms with Crippen LogP contribution in [0.25, 0.3) is 0 Å². The molecule has 0 spiro atoms. The molecule has 0 unspecified atom stereocenters. The smallest absolute Gasteiger partial charge is 0.235 e. The lowest BCUT2D eigenvalue weighted by molar-refractivity contribution is -0.121. The van der Waals surface area contributed by atoms with Crippen molar-refractivity contribution in [2.24, 2.45) is 5.92 Å². The van der Waals surface area contributed by atoms with E-state index in [-0.39, 0.29) is 5.91 Å². The molecule has 2 aromatic carbocycles. The van der Waals surface area contributed by atoms with Crippen LogP contribution >= 0.6 is 0 Å². The van der Waals surface area contributed by atoms with Gasteiger partial charge in [-0.25, -0.2) is 0 Å². The number of anilines is 1. The first-order chi connectivity index (χ1) is 13.9. The Kier molecular flexibility index (Phi) is 6.51. The maximum Gasteiger partial charge on any atom is 0.235 e. The van der Waals surface area contributed by atoms with Crippen LogP contribution in [-0.2, 0) is 10.2 Å². The molecule has 0 atom stereocenters. The maximum absolute atomic E-state index is 13.4. The molecule has 0 heterocycles. The van der Waals surface area contributed by atoms with Gasteiger partial charge >= 0.3 is 0 Å². The zero-order chi connectivity index (χ0) is 21.0. The van der Waals surface area contributed by atoms with E-state index in [0.717, 1.165) is 59.6 Å². The fourth-order valence-electron chi connectivity index (χ4n) is 4.29. The number of carbonyl (C=O) groups is 1. The van der Waals surface area contributed by atoms with Gasteiger partial charge in [0.25, 0.3) is 0 Å². The maximum atomic E-state index is 13.4. The van der Waals surface area contributed by atoms with Crippen molar-refractivity contribution in [1.29, 1.82) is 0 Å². The number of benzene rings is 2. The zero-order valence-electron chi connectivity index (χ0n) is 18.3. The number of ether oxygens (including phenoxy) is 2. The molecule has 0 radical (unpaired) electrons. The number of carbonyl (C=O) groups excluding carboxylic acids is 1. The van der Waals surface area contributed by atoms with E-state index in [9.17, 15) is 4.79 Å². The molecule has 0 aliphatic heterocycles. The highest BCUT2D eigenvalue weighted by atomic mass is 16.5. The molecule has 1 aliphatic carbocycles. The van der Waals surface area contributed by atoms with E-state index in [1.54, 1.807) is 7.11 Å². The number of rotatable bonds is 7. The van der Waals surface area contributed by atoms with Gasteiger partial charge in [0.05, 0.1) is 19.1 Å². The van der Waals surface area contributed by atoms with Crippen LogP contribution in [0.15, 0.2) is 36.4 Å². The number of methoxy groups -OCH3 is 1. The van der Waals surface area contributed by atoms with Crippen LogP contribution in [0.3, 0.4) is 0 Å². The minimum Gasteiger partial charge on any atom is -0.497 e. The number of nitrogens with one attached hydrogen (secondary N) is 1. The lowest BCUT2D eigenvalue weighted by atomic mass is 9.78. The third-order valence-electron chi connectivity index (χ3n) is 5.81. The molecule has 4 nitrogen and oxygen atoms in total. The van der Waals surface area contributed by atoms with Crippen LogP contribution in [0.4, 0.5) is 5.69 Å². The zero-order valence-corrected chi connectivity index (χ0v) is 18.3. The highest BCUT2D eigenvalue weighted by Gasteiger charge is 2.42. The molecular formula is C25H33NO3. The normalized spacial score (nSPS) is 15.4. The lowest BCUT2D eigenvalue weighted by Gasteiger charge is -2.29. The highest BCUT2D eigenvalue weighted by Crippen LogP contribution is 2.42. The van der Waals surface area contributed by atoms with Crippen molar-refractivity contribution in [2.45, 2.75) is 58.8 Å². The van der Waals surface area contributed by atoms with E-state index in [2.05, 4.69) is 19.2 Å². The van der Waals surface area contributed by atoms with E-state index in [0.29, 0.717) is 12.5 Å². The van der Waals surface area contributed by atoms with Gasteiger partial charge in [0.2, 0.25) is 5.91 Å². The molecule has 1 saturated carbocycles. The topological polar surface area (TPSA) is 47.6 Å². The molecule has 1 fully saturated rings. The number of hydrogen-bond donors (Lipinski definition) is 1. The van der Waals surface area contributed by atoms with Gasteiger partial charge in [-0.2, -0.15) is 0 Å². The van der Waals surface area contributed by atoms with Gasteiger partial charge in [-0.05, 0) is 73.6 Å². The summed E-state index contributed by atoms with van der Waals surface area (Å²) in [7, 11) is 1.66.